The fraction of sp³-hybridized carbons (Fsp3) is 0.269. The summed E-state index contributed by atoms with van der Waals surface area (Å²) in [5, 5.41) is 0. The van der Waals surface area contributed by atoms with E-state index >= 15 is 0 Å². The van der Waals surface area contributed by atoms with Gasteiger partial charge in [-0.15, -0.1) is 0 Å². The molecule has 1 saturated heterocycles. The molecule has 0 spiro atoms. The minimum Gasteiger partial charge on any atom is -0.330 e. The van der Waals surface area contributed by atoms with Crippen LogP contribution < -0.4 is 0 Å². The van der Waals surface area contributed by atoms with Gasteiger partial charge in [0.15, 0.2) is 0 Å². The van der Waals surface area contributed by atoms with Gasteiger partial charge in [-0.3, -0.25) is 4.79 Å². The van der Waals surface area contributed by atoms with Gasteiger partial charge in [0.05, 0.1) is 6.04 Å². The highest BCUT2D eigenvalue weighted by Crippen LogP contribution is 2.49. The second-order valence-corrected chi connectivity index (χ2v) is 8.38. The Hall–Kier alpha value is -2.87. The van der Waals surface area contributed by atoms with Crippen molar-refractivity contribution in [2.75, 3.05) is 0 Å². The molecule has 1 amide bonds. The van der Waals surface area contributed by atoms with Crippen LogP contribution in [-0.2, 0) is 11.3 Å². The Morgan fingerprint density at radius 3 is 1.86 bits per heavy atom. The average molecular weight is 370 g/mol. The van der Waals surface area contributed by atoms with Gasteiger partial charge < -0.3 is 4.90 Å². The van der Waals surface area contributed by atoms with E-state index in [4.69, 9.17) is 0 Å². The quantitative estimate of drug-likeness (QED) is 0.555. The van der Waals surface area contributed by atoms with E-state index in [9.17, 15) is 4.79 Å². The molecule has 2 atom stereocenters. The standard InChI is InChI=1S/C26H27NO/c1-26(2)18-23(21-14-8-4-9-15-21)24(22-16-10-5-11-17-22)27(25(26)28)19-20-12-6-3-7-13-20/h3-17,23-24H,18-19H2,1-2H3. The number of hydrogen-bond donors (Lipinski definition) is 0. The lowest BCUT2D eigenvalue weighted by molar-refractivity contribution is -0.150. The number of likely N-dealkylation sites (tertiary alicyclic amines) is 1. The van der Waals surface area contributed by atoms with Crippen molar-refractivity contribution in [3.05, 3.63) is 108 Å². The van der Waals surface area contributed by atoms with Crippen molar-refractivity contribution in [1.29, 1.82) is 0 Å². The lowest BCUT2D eigenvalue weighted by Crippen LogP contribution is -2.50. The monoisotopic (exact) mass is 369 g/mol. The molecule has 3 aromatic rings. The Morgan fingerprint density at radius 1 is 0.786 bits per heavy atom. The van der Waals surface area contributed by atoms with E-state index in [2.05, 4.69) is 85.5 Å². The van der Waals surface area contributed by atoms with Crippen LogP contribution in [0.3, 0.4) is 0 Å². The molecule has 28 heavy (non-hydrogen) atoms. The topological polar surface area (TPSA) is 20.3 Å². The van der Waals surface area contributed by atoms with Crippen LogP contribution in [0.15, 0.2) is 91.0 Å². The Balaban J connectivity index is 1.82. The van der Waals surface area contributed by atoms with Crippen molar-refractivity contribution in [1.82, 2.24) is 4.90 Å². The molecule has 2 nitrogen and oxygen atoms in total. The summed E-state index contributed by atoms with van der Waals surface area (Å²) in [6.07, 6.45) is 0.848. The fourth-order valence-corrected chi connectivity index (χ4v) is 4.49. The zero-order chi connectivity index (χ0) is 19.6. The number of hydrogen-bond acceptors (Lipinski definition) is 1. The number of nitrogens with zero attached hydrogens (tertiary/aromatic N) is 1. The Bertz CT molecular complexity index is 918. The summed E-state index contributed by atoms with van der Waals surface area (Å²) in [5.41, 5.74) is 3.29. The number of amides is 1. The van der Waals surface area contributed by atoms with Crippen LogP contribution >= 0.6 is 0 Å². The molecule has 4 rings (SSSR count). The van der Waals surface area contributed by atoms with Crippen molar-refractivity contribution >= 4 is 5.91 Å². The van der Waals surface area contributed by atoms with E-state index in [1.165, 1.54) is 16.7 Å². The average Bonchev–Trinajstić information content (AvgIpc) is 2.73. The number of carbonyl (C=O) groups is 1. The lowest BCUT2D eigenvalue weighted by atomic mass is 9.70. The van der Waals surface area contributed by atoms with E-state index in [1.54, 1.807) is 0 Å². The maximum absolute atomic E-state index is 13.5. The highest BCUT2D eigenvalue weighted by Gasteiger charge is 2.47. The third kappa shape index (κ3) is 3.60. The summed E-state index contributed by atoms with van der Waals surface area (Å²) in [5.74, 6) is 0.498. The molecule has 1 heterocycles. The first kappa shape index (κ1) is 18.5. The van der Waals surface area contributed by atoms with Crippen molar-refractivity contribution in [3.63, 3.8) is 0 Å². The van der Waals surface area contributed by atoms with Crippen molar-refractivity contribution in [2.24, 2.45) is 5.41 Å². The molecular weight excluding hydrogens is 342 g/mol. The van der Waals surface area contributed by atoms with E-state index < -0.39 is 0 Å². The van der Waals surface area contributed by atoms with Gasteiger partial charge in [0.25, 0.3) is 0 Å². The molecule has 1 fully saturated rings. The molecule has 0 bridgehead atoms. The highest BCUT2D eigenvalue weighted by molar-refractivity contribution is 5.83. The Morgan fingerprint density at radius 2 is 1.29 bits per heavy atom. The fourth-order valence-electron chi connectivity index (χ4n) is 4.49. The molecule has 3 aromatic carbocycles. The van der Waals surface area contributed by atoms with Gasteiger partial charge in [0.1, 0.15) is 0 Å². The van der Waals surface area contributed by atoms with Crippen LogP contribution in [0, 0.1) is 5.41 Å². The molecular formula is C26H27NO. The normalized spacial score (nSPS) is 21.5. The minimum absolute atomic E-state index is 0.0318. The van der Waals surface area contributed by atoms with E-state index in [-0.39, 0.29) is 23.3 Å². The summed E-state index contributed by atoms with van der Waals surface area (Å²) in [6.45, 7) is 4.81. The summed E-state index contributed by atoms with van der Waals surface area (Å²) in [6, 6.07) is 31.5. The van der Waals surface area contributed by atoms with Gasteiger partial charge in [0.2, 0.25) is 5.91 Å². The molecule has 142 valence electrons. The summed E-state index contributed by atoms with van der Waals surface area (Å²) >= 11 is 0. The van der Waals surface area contributed by atoms with Crippen molar-refractivity contribution in [3.8, 4) is 0 Å². The van der Waals surface area contributed by atoms with Gasteiger partial charge in [0, 0.05) is 17.9 Å². The summed E-state index contributed by atoms with van der Waals surface area (Å²) < 4.78 is 0. The molecule has 0 saturated carbocycles. The molecule has 2 heteroatoms. The third-order valence-corrected chi connectivity index (χ3v) is 5.85. The van der Waals surface area contributed by atoms with Gasteiger partial charge in [-0.05, 0) is 23.1 Å². The summed E-state index contributed by atoms with van der Waals surface area (Å²) in [7, 11) is 0. The number of piperidine rings is 1. The lowest BCUT2D eigenvalue weighted by Gasteiger charge is -2.48. The smallest absolute Gasteiger partial charge is 0.229 e. The number of benzene rings is 3. The van der Waals surface area contributed by atoms with Gasteiger partial charge in [-0.25, -0.2) is 0 Å². The van der Waals surface area contributed by atoms with Crippen LogP contribution in [0.4, 0.5) is 0 Å². The first-order valence-corrected chi connectivity index (χ1v) is 10.0. The van der Waals surface area contributed by atoms with Gasteiger partial charge >= 0.3 is 0 Å². The zero-order valence-corrected chi connectivity index (χ0v) is 16.6. The van der Waals surface area contributed by atoms with E-state index in [0.29, 0.717) is 6.54 Å². The molecule has 0 N–H and O–H groups in total. The van der Waals surface area contributed by atoms with Crippen LogP contribution in [0.5, 0.6) is 0 Å². The van der Waals surface area contributed by atoms with Gasteiger partial charge in [-0.2, -0.15) is 0 Å². The predicted octanol–water partition coefficient (Wildman–Crippen LogP) is 5.97. The van der Waals surface area contributed by atoms with Crippen molar-refractivity contribution < 1.29 is 4.79 Å². The predicted molar refractivity (Wildman–Crippen MR) is 114 cm³/mol. The third-order valence-electron chi connectivity index (χ3n) is 5.85. The molecule has 2 unspecified atom stereocenters. The van der Waals surface area contributed by atoms with E-state index in [0.717, 1.165) is 6.42 Å². The van der Waals surface area contributed by atoms with Crippen LogP contribution in [0.25, 0.3) is 0 Å². The Kier molecular flexibility index (Phi) is 5.04. The first-order valence-electron chi connectivity index (χ1n) is 10.0. The first-order chi connectivity index (χ1) is 13.6. The van der Waals surface area contributed by atoms with Crippen LogP contribution in [-0.4, -0.2) is 10.8 Å². The maximum atomic E-state index is 13.5. The van der Waals surface area contributed by atoms with Crippen molar-refractivity contribution in [2.45, 2.75) is 38.8 Å². The largest absolute Gasteiger partial charge is 0.330 e. The van der Waals surface area contributed by atoms with E-state index in [1.807, 2.05) is 24.3 Å². The molecule has 0 radical (unpaired) electrons. The highest BCUT2D eigenvalue weighted by atomic mass is 16.2. The minimum atomic E-state index is -0.388. The zero-order valence-electron chi connectivity index (χ0n) is 16.6. The second kappa shape index (κ2) is 7.63. The second-order valence-electron chi connectivity index (χ2n) is 8.38. The maximum Gasteiger partial charge on any atom is 0.229 e. The molecule has 1 aliphatic rings. The summed E-state index contributed by atoms with van der Waals surface area (Å²) in [4.78, 5) is 15.6. The van der Waals surface area contributed by atoms with Crippen LogP contribution in [0.1, 0.15) is 48.9 Å². The molecule has 0 aromatic heterocycles. The SMILES string of the molecule is CC1(C)CC(c2ccccc2)C(c2ccccc2)N(Cc2ccccc2)C1=O. The molecule has 0 aliphatic carbocycles. The van der Waals surface area contributed by atoms with Crippen LogP contribution in [0.2, 0.25) is 0 Å². The number of rotatable bonds is 4. The van der Waals surface area contributed by atoms with Gasteiger partial charge in [-0.1, -0.05) is 105 Å². The Labute approximate surface area is 167 Å². The molecule has 1 aliphatic heterocycles. The number of carbonyl (C=O) groups excluding carboxylic acids is 1.